The highest BCUT2D eigenvalue weighted by atomic mass is 16.6. The van der Waals surface area contributed by atoms with Gasteiger partial charge >= 0.3 is 6.09 Å². The molecule has 0 saturated heterocycles. The normalized spacial score (nSPS) is 17.6. The lowest BCUT2D eigenvalue weighted by atomic mass is 9.73. The number of ether oxygens (including phenoxy) is 2. The number of carbonyl (C=O) groups excluding carboxylic acids is 1. The lowest BCUT2D eigenvalue weighted by molar-refractivity contribution is 0.0597. The van der Waals surface area contributed by atoms with Gasteiger partial charge in [0, 0.05) is 11.5 Å². The van der Waals surface area contributed by atoms with Gasteiger partial charge in [0.05, 0.1) is 18.5 Å². The highest BCUT2D eigenvalue weighted by Crippen LogP contribution is 2.52. The SMILES string of the molecule is COc1ccc2c(c1)N(C(=O)OC(C)(C)C)c1ccc(C3CC3)cc1C2(C)C. The van der Waals surface area contributed by atoms with Crippen molar-refractivity contribution in [1.29, 1.82) is 0 Å². The Labute approximate surface area is 167 Å². The van der Waals surface area contributed by atoms with Crippen molar-refractivity contribution in [3.05, 3.63) is 53.1 Å². The summed E-state index contributed by atoms with van der Waals surface area (Å²) in [6, 6.07) is 12.5. The average molecular weight is 380 g/mol. The van der Waals surface area contributed by atoms with Gasteiger partial charge in [0.25, 0.3) is 0 Å². The van der Waals surface area contributed by atoms with E-state index in [2.05, 4.69) is 38.1 Å². The molecular formula is C24H29NO3. The molecule has 0 N–H and O–H groups in total. The molecule has 1 aliphatic heterocycles. The van der Waals surface area contributed by atoms with Crippen molar-refractivity contribution in [1.82, 2.24) is 0 Å². The van der Waals surface area contributed by atoms with Crippen LogP contribution in [-0.4, -0.2) is 18.8 Å². The van der Waals surface area contributed by atoms with Gasteiger partial charge in [-0.25, -0.2) is 9.69 Å². The van der Waals surface area contributed by atoms with E-state index in [0.717, 1.165) is 22.7 Å². The summed E-state index contributed by atoms with van der Waals surface area (Å²) in [5, 5.41) is 0. The van der Waals surface area contributed by atoms with Crippen LogP contribution in [0.5, 0.6) is 5.75 Å². The lowest BCUT2D eigenvalue weighted by Crippen LogP contribution is -2.39. The fourth-order valence-corrected chi connectivity index (χ4v) is 4.05. The minimum atomic E-state index is -0.572. The second kappa shape index (κ2) is 6.26. The third-order valence-corrected chi connectivity index (χ3v) is 5.68. The number of hydrogen-bond donors (Lipinski definition) is 0. The molecule has 1 aliphatic carbocycles. The number of anilines is 2. The zero-order valence-electron chi connectivity index (χ0n) is 17.6. The molecule has 1 amide bonds. The van der Waals surface area contributed by atoms with Crippen molar-refractivity contribution in [2.45, 2.75) is 64.4 Å². The summed E-state index contributed by atoms with van der Waals surface area (Å²) >= 11 is 0. The molecule has 28 heavy (non-hydrogen) atoms. The van der Waals surface area contributed by atoms with Crippen LogP contribution in [0.1, 0.15) is 70.1 Å². The zero-order chi connectivity index (χ0) is 20.3. The zero-order valence-corrected chi connectivity index (χ0v) is 17.6. The Morgan fingerprint density at radius 1 is 1.04 bits per heavy atom. The van der Waals surface area contributed by atoms with Crippen LogP contribution in [0.3, 0.4) is 0 Å². The maximum absolute atomic E-state index is 13.2. The van der Waals surface area contributed by atoms with Gasteiger partial charge in [0.1, 0.15) is 11.4 Å². The Hall–Kier alpha value is -2.49. The summed E-state index contributed by atoms with van der Waals surface area (Å²) in [5.41, 5.74) is 4.56. The van der Waals surface area contributed by atoms with E-state index in [1.165, 1.54) is 24.0 Å². The van der Waals surface area contributed by atoms with E-state index >= 15 is 0 Å². The smallest absolute Gasteiger partial charge is 0.419 e. The Kier molecular flexibility index (Phi) is 4.22. The molecule has 2 aromatic rings. The molecule has 2 aromatic carbocycles. The molecule has 0 spiro atoms. The van der Waals surface area contributed by atoms with Crippen LogP contribution in [0.4, 0.5) is 16.2 Å². The molecule has 0 aromatic heterocycles. The van der Waals surface area contributed by atoms with Gasteiger partial charge in [-0.05, 0) is 68.4 Å². The van der Waals surface area contributed by atoms with Gasteiger partial charge in [-0.3, -0.25) is 0 Å². The van der Waals surface area contributed by atoms with E-state index in [1.54, 1.807) is 12.0 Å². The first kappa shape index (κ1) is 18.9. The number of nitrogens with zero attached hydrogens (tertiary/aromatic N) is 1. The highest BCUT2D eigenvalue weighted by Gasteiger charge is 2.41. The van der Waals surface area contributed by atoms with E-state index in [4.69, 9.17) is 9.47 Å². The van der Waals surface area contributed by atoms with Crippen molar-refractivity contribution in [2.24, 2.45) is 0 Å². The summed E-state index contributed by atoms with van der Waals surface area (Å²) in [5.74, 6) is 1.38. The fourth-order valence-electron chi connectivity index (χ4n) is 4.05. The average Bonchev–Trinajstić information content (AvgIpc) is 3.45. The van der Waals surface area contributed by atoms with E-state index in [9.17, 15) is 4.79 Å². The van der Waals surface area contributed by atoms with Crippen LogP contribution >= 0.6 is 0 Å². The van der Waals surface area contributed by atoms with Gasteiger partial charge in [0.15, 0.2) is 0 Å². The Balaban J connectivity index is 1.91. The van der Waals surface area contributed by atoms with Gasteiger partial charge in [-0.15, -0.1) is 0 Å². The molecule has 1 saturated carbocycles. The van der Waals surface area contributed by atoms with Crippen molar-refractivity contribution in [3.8, 4) is 5.75 Å². The molecule has 1 heterocycles. The van der Waals surface area contributed by atoms with E-state index < -0.39 is 5.60 Å². The number of benzene rings is 2. The minimum absolute atomic E-state index is 0.222. The number of amides is 1. The van der Waals surface area contributed by atoms with Crippen LogP contribution in [0.25, 0.3) is 0 Å². The van der Waals surface area contributed by atoms with Crippen molar-refractivity contribution in [2.75, 3.05) is 12.0 Å². The first-order valence-corrected chi connectivity index (χ1v) is 9.98. The highest BCUT2D eigenvalue weighted by molar-refractivity contribution is 6.00. The molecule has 0 radical (unpaired) electrons. The van der Waals surface area contributed by atoms with Crippen LogP contribution in [0, 0.1) is 0 Å². The van der Waals surface area contributed by atoms with Gasteiger partial charge in [-0.2, -0.15) is 0 Å². The third kappa shape index (κ3) is 3.15. The molecule has 4 rings (SSSR count). The molecular weight excluding hydrogens is 350 g/mol. The summed E-state index contributed by atoms with van der Waals surface area (Å²) in [6.07, 6.45) is 2.14. The van der Waals surface area contributed by atoms with Gasteiger partial charge in [-0.1, -0.05) is 32.0 Å². The predicted molar refractivity (Wildman–Crippen MR) is 112 cm³/mol. The number of methoxy groups -OCH3 is 1. The maximum atomic E-state index is 13.2. The molecule has 4 nitrogen and oxygen atoms in total. The van der Waals surface area contributed by atoms with Crippen LogP contribution in [0.2, 0.25) is 0 Å². The summed E-state index contributed by atoms with van der Waals surface area (Å²) in [4.78, 5) is 15.0. The minimum Gasteiger partial charge on any atom is -0.497 e. The summed E-state index contributed by atoms with van der Waals surface area (Å²) < 4.78 is 11.2. The van der Waals surface area contributed by atoms with E-state index in [0.29, 0.717) is 5.92 Å². The van der Waals surface area contributed by atoms with Crippen molar-refractivity contribution < 1.29 is 14.3 Å². The fraction of sp³-hybridized carbons (Fsp3) is 0.458. The Morgan fingerprint density at radius 3 is 2.36 bits per heavy atom. The molecule has 4 heteroatoms. The second-order valence-corrected chi connectivity index (χ2v) is 9.37. The van der Waals surface area contributed by atoms with Crippen LogP contribution in [-0.2, 0) is 10.2 Å². The number of rotatable bonds is 2. The Morgan fingerprint density at radius 2 is 1.75 bits per heavy atom. The summed E-state index contributed by atoms with van der Waals surface area (Å²) in [6.45, 7) is 10.1. The molecule has 148 valence electrons. The molecule has 2 aliphatic rings. The van der Waals surface area contributed by atoms with Gasteiger partial charge in [0.2, 0.25) is 0 Å². The standard InChI is InChI=1S/C24H29NO3/c1-23(2,3)28-22(26)25-20-12-9-16(15-7-8-15)13-19(20)24(4,5)18-11-10-17(27-6)14-21(18)25/h9-15H,7-8H2,1-6H3. The second-order valence-electron chi connectivity index (χ2n) is 9.37. The number of carbonyl (C=O) groups is 1. The van der Waals surface area contributed by atoms with E-state index in [-0.39, 0.29) is 11.5 Å². The molecule has 0 bridgehead atoms. The maximum Gasteiger partial charge on any atom is 0.419 e. The Bertz CT molecular complexity index is 935. The number of fused-ring (bicyclic) bond motifs is 2. The van der Waals surface area contributed by atoms with Crippen LogP contribution in [0.15, 0.2) is 36.4 Å². The van der Waals surface area contributed by atoms with Crippen LogP contribution < -0.4 is 9.64 Å². The first-order chi connectivity index (χ1) is 13.1. The van der Waals surface area contributed by atoms with E-state index in [1.807, 2.05) is 32.9 Å². The molecule has 0 unspecified atom stereocenters. The third-order valence-electron chi connectivity index (χ3n) is 5.68. The predicted octanol–water partition coefficient (Wildman–Crippen LogP) is 6.29. The topological polar surface area (TPSA) is 38.8 Å². The number of hydrogen-bond acceptors (Lipinski definition) is 3. The quantitative estimate of drug-likeness (QED) is 0.616. The van der Waals surface area contributed by atoms with Gasteiger partial charge < -0.3 is 9.47 Å². The molecule has 1 fully saturated rings. The summed E-state index contributed by atoms with van der Waals surface area (Å²) in [7, 11) is 1.64. The monoisotopic (exact) mass is 379 g/mol. The van der Waals surface area contributed by atoms with Crippen molar-refractivity contribution >= 4 is 17.5 Å². The van der Waals surface area contributed by atoms with Crippen molar-refractivity contribution in [3.63, 3.8) is 0 Å². The largest absolute Gasteiger partial charge is 0.497 e. The molecule has 0 atom stereocenters. The lowest BCUT2D eigenvalue weighted by Gasteiger charge is -2.41. The first-order valence-electron chi connectivity index (χ1n) is 9.98.